The molecule has 0 aromatic heterocycles. The van der Waals surface area contributed by atoms with Gasteiger partial charge in [-0.1, -0.05) is 0 Å². The first-order chi connectivity index (χ1) is 16.4. The lowest BCUT2D eigenvalue weighted by atomic mass is 9.96. The van der Waals surface area contributed by atoms with Gasteiger partial charge in [0.2, 0.25) is 5.79 Å². The molecule has 0 saturated carbocycles. The number of rotatable bonds is 8. The Morgan fingerprint density at radius 2 is 1.20 bits per heavy atom. The van der Waals surface area contributed by atoms with Crippen molar-refractivity contribution < 1.29 is 79.9 Å². The fourth-order valence-electron chi connectivity index (χ4n) is 4.26. The zero-order valence-corrected chi connectivity index (χ0v) is 18.3. The molecule has 3 saturated heterocycles. The summed E-state index contributed by atoms with van der Waals surface area (Å²) >= 11 is 0. The van der Waals surface area contributed by atoms with Crippen LogP contribution in [0.3, 0.4) is 0 Å². The molecule has 17 nitrogen and oxygen atoms in total. The van der Waals surface area contributed by atoms with Crippen LogP contribution in [-0.2, 0) is 23.7 Å². The Labute approximate surface area is 198 Å². The van der Waals surface area contributed by atoms with Gasteiger partial charge in [-0.2, -0.15) is 0 Å². The highest BCUT2D eigenvalue weighted by Gasteiger charge is 2.64. The van der Waals surface area contributed by atoms with E-state index in [1.54, 1.807) is 0 Å². The fraction of sp³-hybridized carbons (Fsp3) is 1.00. The van der Waals surface area contributed by atoms with Gasteiger partial charge < -0.3 is 75.1 Å². The van der Waals surface area contributed by atoms with E-state index in [1.165, 1.54) is 0 Å². The Bertz CT molecular complexity index is 701. The number of hydrogen-bond acceptors (Lipinski definition) is 17. The molecule has 3 fully saturated rings. The van der Waals surface area contributed by atoms with Crippen LogP contribution in [0.15, 0.2) is 0 Å². The highest BCUT2D eigenvalue weighted by molar-refractivity contribution is 5.02. The molecule has 35 heavy (non-hydrogen) atoms. The third-order valence-corrected chi connectivity index (χ3v) is 6.32. The van der Waals surface area contributed by atoms with Crippen molar-refractivity contribution in [2.45, 2.75) is 85.1 Å². The van der Waals surface area contributed by atoms with Crippen LogP contribution in [0.1, 0.15) is 0 Å². The van der Waals surface area contributed by atoms with Crippen molar-refractivity contribution in [3.63, 3.8) is 0 Å². The summed E-state index contributed by atoms with van der Waals surface area (Å²) < 4.78 is 26.9. The highest BCUT2D eigenvalue weighted by atomic mass is 16.8. The molecule has 3 heterocycles. The summed E-state index contributed by atoms with van der Waals surface area (Å²) in [4.78, 5) is 0. The lowest BCUT2D eigenvalue weighted by Gasteiger charge is -2.49. The van der Waals surface area contributed by atoms with E-state index in [2.05, 4.69) is 0 Å². The molecule has 13 N–H and O–H groups in total. The van der Waals surface area contributed by atoms with Crippen LogP contribution in [0.25, 0.3) is 0 Å². The van der Waals surface area contributed by atoms with E-state index >= 15 is 0 Å². The van der Waals surface area contributed by atoms with Crippen molar-refractivity contribution in [2.24, 2.45) is 5.73 Å². The molecule has 0 amide bonds. The van der Waals surface area contributed by atoms with Gasteiger partial charge in [-0.3, -0.25) is 10.5 Å². The van der Waals surface area contributed by atoms with Gasteiger partial charge in [0.15, 0.2) is 12.4 Å². The number of aliphatic hydroxyl groups excluding tert-OH is 11. The monoisotopic (exact) mass is 519 g/mol. The van der Waals surface area contributed by atoms with E-state index in [9.17, 15) is 56.2 Å². The predicted molar refractivity (Wildman–Crippen MR) is 104 cm³/mol. The van der Waals surface area contributed by atoms with Crippen molar-refractivity contribution in [3.8, 4) is 0 Å². The molecule has 0 spiro atoms. The number of nitrogens with two attached hydrogens (primary N) is 1. The van der Waals surface area contributed by atoms with E-state index in [4.69, 9.17) is 29.4 Å². The maximum absolute atomic E-state index is 10.7. The lowest BCUT2D eigenvalue weighted by Crippen LogP contribution is -2.73. The molecular formula is C18H33NO16. The van der Waals surface area contributed by atoms with Crippen molar-refractivity contribution in [1.82, 2.24) is 0 Å². The fourth-order valence-corrected chi connectivity index (χ4v) is 4.26. The van der Waals surface area contributed by atoms with Gasteiger partial charge in [-0.15, -0.1) is 0 Å². The highest BCUT2D eigenvalue weighted by Crippen LogP contribution is 2.41. The summed E-state index contributed by atoms with van der Waals surface area (Å²) in [6.45, 7) is -3.75. The Balaban J connectivity index is 1.92. The third-order valence-electron chi connectivity index (χ3n) is 6.32. The molecular weight excluding hydrogens is 486 g/mol. The zero-order valence-electron chi connectivity index (χ0n) is 18.3. The molecule has 3 aliphatic rings. The van der Waals surface area contributed by atoms with Crippen LogP contribution >= 0.6 is 0 Å². The van der Waals surface area contributed by atoms with Gasteiger partial charge in [-0.05, 0) is 0 Å². The average molecular weight is 519 g/mol. The Morgan fingerprint density at radius 3 is 1.74 bits per heavy atom. The van der Waals surface area contributed by atoms with E-state index in [0.717, 1.165) is 0 Å². The van der Waals surface area contributed by atoms with Crippen molar-refractivity contribution in [2.75, 3.05) is 26.4 Å². The maximum atomic E-state index is 10.7. The van der Waals surface area contributed by atoms with Gasteiger partial charge in [-0.25, -0.2) is 0 Å². The summed E-state index contributed by atoms with van der Waals surface area (Å²) in [5, 5.41) is 110. The van der Waals surface area contributed by atoms with Crippen molar-refractivity contribution in [1.29, 1.82) is 0 Å². The standard InChI is InChI=1S/C18H33NO16/c19-18(14(30)12(28)9(25)6(2-21)34-18)35-17(4-23)15(10(26)7(3-22)33-17)32-16-13(29)11(27)8(24)5(1-20)31-16/h5-16,20-30H,1-4,19H2/t5-,6-,7-,8-,9-,10+,11+,12+,13-,14-,15+,16-,17+,18-/m1/s1. The van der Waals surface area contributed by atoms with Crippen LogP contribution in [0.2, 0.25) is 0 Å². The van der Waals surface area contributed by atoms with E-state index in [0.29, 0.717) is 0 Å². The summed E-state index contributed by atoms with van der Waals surface area (Å²) in [5.74, 6) is -5.39. The third kappa shape index (κ3) is 5.07. The topological polar surface area (TPSA) is 295 Å². The van der Waals surface area contributed by atoms with Gasteiger partial charge >= 0.3 is 0 Å². The average Bonchev–Trinajstić information content (AvgIpc) is 3.11. The van der Waals surface area contributed by atoms with Crippen LogP contribution in [0.5, 0.6) is 0 Å². The first-order valence-corrected chi connectivity index (χ1v) is 10.7. The van der Waals surface area contributed by atoms with Crippen LogP contribution in [-0.4, -0.2) is 168 Å². The maximum Gasteiger partial charge on any atom is 0.258 e. The first-order valence-electron chi connectivity index (χ1n) is 10.7. The molecule has 3 rings (SSSR count). The lowest BCUT2D eigenvalue weighted by molar-refractivity contribution is -0.440. The van der Waals surface area contributed by atoms with Gasteiger partial charge in [0.25, 0.3) is 5.91 Å². The molecule has 17 heteroatoms. The van der Waals surface area contributed by atoms with Gasteiger partial charge in [0.05, 0.1) is 19.8 Å². The second kappa shape index (κ2) is 11.0. The smallest absolute Gasteiger partial charge is 0.258 e. The van der Waals surface area contributed by atoms with Gasteiger partial charge in [0.1, 0.15) is 67.6 Å². The number of hydrogen-bond donors (Lipinski definition) is 12. The quantitative estimate of drug-likeness (QED) is 0.132. The molecule has 0 unspecified atom stereocenters. The second-order valence-corrected chi connectivity index (χ2v) is 8.64. The molecule has 0 aromatic carbocycles. The normalized spacial score (nSPS) is 53.1. The minimum atomic E-state index is -2.80. The minimum absolute atomic E-state index is 0.801. The Hall–Kier alpha value is -0.680. The summed E-state index contributed by atoms with van der Waals surface area (Å²) in [6.07, 6.45) is -21.6. The molecule has 0 bridgehead atoms. The molecule has 14 atom stereocenters. The molecule has 0 radical (unpaired) electrons. The zero-order chi connectivity index (χ0) is 26.3. The largest absolute Gasteiger partial charge is 0.394 e. The SMILES string of the molecule is N[C@@]1(O[C@]2(CO)O[C@H](CO)[C@H](O)[C@@H]2O[C@H]2O[C@H](CO)[C@@H](O)[C@H](O)[C@H]2O)O[C@H](CO)[C@@H](O)[C@H](O)[C@H]1O. The number of aliphatic hydroxyl groups is 11. The van der Waals surface area contributed by atoms with E-state index in [1.807, 2.05) is 0 Å². The summed E-state index contributed by atoms with van der Waals surface area (Å²) in [7, 11) is 0. The van der Waals surface area contributed by atoms with Gasteiger partial charge in [0, 0.05) is 0 Å². The molecule has 206 valence electrons. The summed E-state index contributed by atoms with van der Waals surface area (Å²) in [6, 6.07) is 0. The van der Waals surface area contributed by atoms with Crippen molar-refractivity contribution >= 4 is 0 Å². The van der Waals surface area contributed by atoms with E-state index in [-0.39, 0.29) is 0 Å². The van der Waals surface area contributed by atoms with Crippen LogP contribution in [0, 0.1) is 0 Å². The second-order valence-electron chi connectivity index (χ2n) is 8.64. The Kier molecular flexibility index (Phi) is 9.06. The molecule has 0 aromatic rings. The first kappa shape index (κ1) is 28.9. The van der Waals surface area contributed by atoms with Crippen LogP contribution in [0.4, 0.5) is 0 Å². The summed E-state index contributed by atoms with van der Waals surface area (Å²) in [5.41, 5.74) is 5.95. The van der Waals surface area contributed by atoms with Crippen LogP contribution < -0.4 is 5.73 Å². The predicted octanol–water partition coefficient (Wildman–Crippen LogP) is -8.28. The Morgan fingerprint density at radius 1 is 0.657 bits per heavy atom. The van der Waals surface area contributed by atoms with Crippen molar-refractivity contribution in [3.05, 3.63) is 0 Å². The minimum Gasteiger partial charge on any atom is -0.394 e. The number of ether oxygens (including phenoxy) is 5. The molecule has 3 aliphatic heterocycles. The molecule has 0 aliphatic carbocycles. The van der Waals surface area contributed by atoms with E-state index < -0.39 is 112 Å².